The molecule has 2 heteroatoms. The van der Waals surface area contributed by atoms with Gasteiger partial charge in [0.15, 0.2) is 0 Å². The lowest BCUT2D eigenvalue weighted by atomic mass is 9.96. The fourth-order valence-corrected chi connectivity index (χ4v) is 2.56. The van der Waals surface area contributed by atoms with E-state index in [1.165, 1.54) is 11.1 Å². The Morgan fingerprint density at radius 3 is 2.57 bits per heavy atom. The van der Waals surface area contributed by atoms with E-state index in [9.17, 15) is 0 Å². The third-order valence-corrected chi connectivity index (χ3v) is 3.96. The fourth-order valence-electron chi connectivity index (χ4n) is 2.15. The molecule has 3 unspecified atom stereocenters. The van der Waals surface area contributed by atoms with E-state index in [-0.39, 0.29) is 5.38 Å². The molecule has 0 aliphatic heterocycles. The van der Waals surface area contributed by atoms with Crippen molar-refractivity contribution in [3.05, 3.63) is 29.3 Å². The molecule has 0 fully saturated rings. The summed E-state index contributed by atoms with van der Waals surface area (Å²) in [5, 5.41) is 0.134. The van der Waals surface area contributed by atoms with E-state index in [2.05, 4.69) is 26.0 Å². The van der Waals surface area contributed by atoms with Crippen molar-refractivity contribution in [3.63, 3.8) is 0 Å². The van der Waals surface area contributed by atoms with E-state index in [1.807, 2.05) is 6.07 Å². The second-order valence-corrected chi connectivity index (χ2v) is 4.51. The molecule has 0 saturated carbocycles. The number of halogens is 1. The highest BCUT2D eigenvalue weighted by molar-refractivity contribution is 6.21. The van der Waals surface area contributed by atoms with Gasteiger partial charge in [0.2, 0.25) is 0 Å². The lowest BCUT2D eigenvalue weighted by molar-refractivity contribution is 0.414. The predicted molar refractivity (Wildman–Crippen MR) is 59.2 cm³/mol. The SMILES string of the molecule is COc1ccc2c(c1)C(Cl)C(C)C2C. The minimum Gasteiger partial charge on any atom is -0.497 e. The second kappa shape index (κ2) is 3.47. The Hall–Kier alpha value is -0.690. The highest BCUT2D eigenvalue weighted by atomic mass is 35.5. The van der Waals surface area contributed by atoms with Gasteiger partial charge >= 0.3 is 0 Å². The normalized spacial score (nSPS) is 30.1. The van der Waals surface area contributed by atoms with Crippen molar-refractivity contribution in [2.75, 3.05) is 7.11 Å². The average Bonchev–Trinajstić information content (AvgIpc) is 2.44. The molecular formula is C12H15ClO. The van der Waals surface area contributed by atoms with Crippen molar-refractivity contribution < 1.29 is 4.74 Å². The monoisotopic (exact) mass is 210 g/mol. The third-order valence-electron chi connectivity index (χ3n) is 3.33. The van der Waals surface area contributed by atoms with E-state index in [0.29, 0.717) is 11.8 Å². The molecule has 2 rings (SSSR count). The van der Waals surface area contributed by atoms with Crippen LogP contribution >= 0.6 is 11.6 Å². The molecular weight excluding hydrogens is 196 g/mol. The van der Waals surface area contributed by atoms with Crippen LogP contribution in [0.4, 0.5) is 0 Å². The molecule has 0 N–H and O–H groups in total. The highest BCUT2D eigenvalue weighted by Gasteiger charge is 2.33. The molecule has 0 bridgehead atoms. The van der Waals surface area contributed by atoms with E-state index < -0.39 is 0 Å². The molecule has 1 aliphatic rings. The average molecular weight is 211 g/mol. The summed E-state index contributed by atoms with van der Waals surface area (Å²) in [4.78, 5) is 0. The highest BCUT2D eigenvalue weighted by Crippen LogP contribution is 2.49. The van der Waals surface area contributed by atoms with Crippen LogP contribution in [0.5, 0.6) is 5.75 Å². The maximum Gasteiger partial charge on any atom is 0.119 e. The van der Waals surface area contributed by atoms with Gasteiger partial charge in [0.25, 0.3) is 0 Å². The predicted octanol–water partition coefficient (Wildman–Crippen LogP) is 3.73. The number of fused-ring (bicyclic) bond motifs is 1. The zero-order valence-corrected chi connectivity index (χ0v) is 9.51. The zero-order chi connectivity index (χ0) is 10.3. The molecule has 0 saturated heterocycles. The Morgan fingerprint density at radius 2 is 1.93 bits per heavy atom. The molecule has 3 atom stereocenters. The first-order valence-electron chi connectivity index (χ1n) is 4.97. The van der Waals surface area contributed by atoms with Gasteiger partial charge in [0.1, 0.15) is 5.75 Å². The molecule has 14 heavy (non-hydrogen) atoms. The first-order valence-corrected chi connectivity index (χ1v) is 5.40. The number of rotatable bonds is 1. The van der Waals surface area contributed by atoms with Gasteiger partial charge in [-0.2, -0.15) is 0 Å². The number of benzene rings is 1. The first kappa shape index (κ1) is 9.85. The Labute approximate surface area is 90.0 Å². The molecule has 0 spiro atoms. The molecule has 0 amide bonds. The molecule has 0 aromatic heterocycles. The molecule has 1 aliphatic carbocycles. The summed E-state index contributed by atoms with van der Waals surface area (Å²) in [6, 6.07) is 6.21. The van der Waals surface area contributed by atoms with Crippen LogP contribution in [0.3, 0.4) is 0 Å². The van der Waals surface area contributed by atoms with E-state index >= 15 is 0 Å². The molecule has 0 radical (unpaired) electrons. The Kier molecular flexibility index (Phi) is 2.44. The molecule has 1 aromatic rings. The number of hydrogen-bond acceptors (Lipinski definition) is 1. The van der Waals surface area contributed by atoms with Gasteiger partial charge in [0, 0.05) is 0 Å². The number of methoxy groups -OCH3 is 1. The number of ether oxygens (including phenoxy) is 1. The molecule has 1 aromatic carbocycles. The number of hydrogen-bond donors (Lipinski definition) is 0. The van der Waals surface area contributed by atoms with Gasteiger partial charge in [-0.3, -0.25) is 0 Å². The van der Waals surface area contributed by atoms with Crippen molar-refractivity contribution in [2.45, 2.75) is 25.1 Å². The van der Waals surface area contributed by atoms with Crippen LogP contribution in [0.15, 0.2) is 18.2 Å². The van der Waals surface area contributed by atoms with Gasteiger partial charge in [-0.05, 0) is 35.1 Å². The van der Waals surface area contributed by atoms with Crippen molar-refractivity contribution in [1.82, 2.24) is 0 Å². The standard InChI is InChI=1S/C12H15ClO/c1-7-8(2)12(13)11-6-9(14-3)4-5-10(7)11/h4-8,12H,1-3H3. The Morgan fingerprint density at radius 1 is 1.21 bits per heavy atom. The quantitative estimate of drug-likeness (QED) is 0.642. The van der Waals surface area contributed by atoms with Crippen molar-refractivity contribution in [1.29, 1.82) is 0 Å². The van der Waals surface area contributed by atoms with Crippen LogP contribution in [-0.2, 0) is 0 Å². The van der Waals surface area contributed by atoms with Gasteiger partial charge in [0.05, 0.1) is 12.5 Å². The van der Waals surface area contributed by atoms with Crippen molar-refractivity contribution in [2.24, 2.45) is 5.92 Å². The second-order valence-electron chi connectivity index (χ2n) is 4.04. The molecule has 0 heterocycles. The topological polar surface area (TPSA) is 9.23 Å². The van der Waals surface area contributed by atoms with Crippen LogP contribution in [0.25, 0.3) is 0 Å². The summed E-state index contributed by atoms with van der Waals surface area (Å²) in [5.74, 6) is 1.97. The lowest BCUT2D eigenvalue weighted by Crippen LogP contribution is -2.00. The van der Waals surface area contributed by atoms with E-state index in [4.69, 9.17) is 16.3 Å². The largest absolute Gasteiger partial charge is 0.497 e. The molecule has 76 valence electrons. The maximum atomic E-state index is 6.36. The lowest BCUT2D eigenvalue weighted by Gasteiger charge is -2.11. The van der Waals surface area contributed by atoms with Crippen LogP contribution < -0.4 is 4.74 Å². The Bertz CT molecular complexity index is 348. The summed E-state index contributed by atoms with van der Waals surface area (Å²) in [7, 11) is 1.69. The van der Waals surface area contributed by atoms with Crippen LogP contribution in [0.1, 0.15) is 36.3 Å². The third kappa shape index (κ3) is 1.31. The minimum absolute atomic E-state index is 0.134. The summed E-state index contributed by atoms with van der Waals surface area (Å²) in [5.41, 5.74) is 2.62. The van der Waals surface area contributed by atoms with Gasteiger partial charge < -0.3 is 4.74 Å². The summed E-state index contributed by atoms with van der Waals surface area (Å²) < 4.78 is 5.20. The van der Waals surface area contributed by atoms with Crippen LogP contribution in [-0.4, -0.2) is 7.11 Å². The molecule has 1 nitrogen and oxygen atoms in total. The summed E-state index contributed by atoms with van der Waals surface area (Å²) in [6.07, 6.45) is 0. The van der Waals surface area contributed by atoms with Crippen LogP contribution in [0, 0.1) is 5.92 Å². The van der Waals surface area contributed by atoms with Gasteiger partial charge in [-0.1, -0.05) is 19.9 Å². The smallest absolute Gasteiger partial charge is 0.119 e. The van der Waals surface area contributed by atoms with Gasteiger partial charge in [-0.15, -0.1) is 11.6 Å². The van der Waals surface area contributed by atoms with E-state index in [1.54, 1.807) is 7.11 Å². The summed E-state index contributed by atoms with van der Waals surface area (Å²) >= 11 is 6.36. The van der Waals surface area contributed by atoms with Crippen molar-refractivity contribution >= 4 is 11.6 Å². The van der Waals surface area contributed by atoms with Crippen LogP contribution in [0.2, 0.25) is 0 Å². The van der Waals surface area contributed by atoms with Gasteiger partial charge in [-0.25, -0.2) is 0 Å². The maximum absolute atomic E-state index is 6.36. The van der Waals surface area contributed by atoms with E-state index in [0.717, 1.165) is 5.75 Å². The fraction of sp³-hybridized carbons (Fsp3) is 0.500. The minimum atomic E-state index is 0.134. The Balaban J connectivity index is 2.48. The summed E-state index contributed by atoms with van der Waals surface area (Å²) in [6.45, 7) is 4.44. The zero-order valence-electron chi connectivity index (χ0n) is 8.75. The first-order chi connectivity index (χ1) is 6.65. The van der Waals surface area contributed by atoms with Crippen molar-refractivity contribution in [3.8, 4) is 5.75 Å². The number of alkyl halides is 1.